The van der Waals surface area contributed by atoms with Gasteiger partial charge in [0.25, 0.3) is 0 Å². The van der Waals surface area contributed by atoms with Crippen LogP contribution in [-0.4, -0.2) is 13.3 Å². The van der Waals surface area contributed by atoms with Crippen LogP contribution in [0.15, 0.2) is 41.3 Å². The first-order valence-electron chi connectivity index (χ1n) is 8.04. The SMILES string of the molecule is COOOC(CC(C)C)NSc1ccc(C#Cc2ccc(C)s2)cc1. The second kappa shape index (κ2) is 10.6. The van der Waals surface area contributed by atoms with Crippen molar-refractivity contribution in [2.75, 3.05) is 7.11 Å². The Bertz CT molecular complexity index is 701. The fraction of sp³-hybridized carbons (Fsp3) is 0.368. The molecule has 1 heterocycles. The molecule has 2 rings (SSSR count). The molecule has 1 aromatic heterocycles. The first-order valence-corrected chi connectivity index (χ1v) is 9.67. The zero-order valence-electron chi connectivity index (χ0n) is 14.9. The van der Waals surface area contributed by atoms with E-state index in [2.05, 4.69) is 59.4 Å². The highest BCUT2D eigenvalue weighted by molar-refractivity contribution is 7.97. The summed E-state index contributed by atoms with van der Waals surface area (Å²) < 4.78 is 3.24. The molecule has 2 aromatic rings. The Morgan fingerprint density at radius 3 is 2.48 bits per heavy atom. The summed E-state index contributed by atoms with van der Waals surface area (Å²) in [6.07, 6.45) is 0.548. The lowest BCUT2D eigenvalue weighted by Crippen LogP contribution is -2.28. The Labute approximate surface area is 157 Å². The molecule has 0 aliphatic heterocycles. The number of rotatable bonds is 8. The van der Waals surface area contributed by atoms with Gasteiger partial charge in [-0.15, -0.1) is 11.3 Å². The minimum absolute atomic E-state index is 0.258. The Morgan fingerprint density at radius 1 is 1.12 bits per heavy atom. The van der Waals surface area contributed by atoms with E-state index in [1.54, 1.807) is 11.3 Å². The monoisotopic (exact) mass is 377 g/mol. The molecule has 0 saturated heterocycles. The maximum absolute atomic E-state index is 5.16. The van der Waals surface area contributed by atoms with Gasteiger partial charge >= 0.3 is 0 Å². The predicted octanol–water partition coefficient (Wildman–Crippen LogP) is 4.93. The van der Waals surface area contributed by atoms with E-state index < -0.39 is 0 Å². The lowest BCUT2D eigenvalue weighted by Gasteiger charge is -2.17. The van der Waals surface area contributed by atoms with Gasteiger partial charge in [-0.2, -0.15) is 4.89 Å². The number of hydrogen-bond acceptors (Lipinski definition) is 6. The fourth-order valence-corrected chi connectivity index (χ4v) is 3.39. The van der Waals surface area contributed by atoms with Crippen LogP contribution in [0.2, 0.25) is 0 Å². The van der Waals surface area contributed by atoms with Gasteiger partial charge in [0.05, 0.1) is 12.0 Å². The lowest BCUT2D eigenvalue weighted by molar-refractivity contribution is -0.518. The third kappa shape index (κ3) is 7.61. The summed E-state index contributed by atoms with van der Waals surface area (Å²) in [5.41, 5.74) is 0.994. The summed E-state index contributed by atoms with van der Waals surface area (Å²) >= 11 is 3.20. The largest absolute Gasteiger partial charge is 0.230 e. The van der Waals surface area contributed by atoms with Crippen LogP contribution in [0, 0.1) is 24.7 Å². The Balaban J connectivity index is 1.89. The van der Waals surface area contributed by atoms with Crippen molar-refractivity contribution >= 4 is 23.3 Å². The first-order chi connectivity index (χ1) is 12.1. The second-order valence-corrected chi connectivity index (χ2v) is 8.05. The van der Waals surface area contributed by atoms with Crippen molar-refractivity contribution in [1.29, 1.82) is 0 Å². The quantitative estimate of drug-likeness (QED) is 0.232. The third-order valence-electron chi connectivity index (χ3n) is 3.14. The van der Waals surface area contributed by atoms with E-state index in [0.29, 0.717) is 5.92 Å². The smallest absolute Gasteiger partial charge is 0.156 e. The Hall–Kier alpha value is -1.33. The van der Waals surface area contributed by atoms with E-state index in [1.165, 1.54) is 23.9 Å². The van der Waals surface area contributed by atoms with Crippen molar-refractivity contribution < 1.29 is 14.8 Å². The van der Waals surface area contributed by atoms with Gasteiger partial charge in [-0.05, 0) is 67.6 Å². The standard InChI is InChI=1S/C19H23NO3S2/c1-14(2)13-19(22-23-21-4)20-25-18-11-7-16(8-12-18)6-10-17-9-5-15(3)24-17/h5,7-9,11-12,14,19-20H,13H2,1-4H3. The number of benzene rings is 1. The molecule has 0 radical (unpaired) electrons. The Kier molecular flexibility index (Phi) is 8.49. The molecule has 1 aromatic carbocycles. The molecule has 1 atom stereocenters. The van der Waals surface area contributed by atoms with Gasteiger partial charge in [0.1, 0.15) is 0 Å². The van der Waals surface area contributed by atoms with Crippen molar-refractivity contribution in [2.45, 2.75) is 38.3 Å². The molecule has 25 heavy (non-hydrogen) atoms. The van der Waals surface area contributed by atoms with Crippen molar-refractivity contribution in [3.05, 3.63) is 51.7 Å². The highest BCUT2D eigenvalue weighted by Gasteiger charge is 2.13. The highest BCUT2D eigenvalue weighted by Crippen LogP contribution is 2.19. The minimum Gasteiger partial charge on any atom is -0.230 e. The molecular formula is C19H23NO3S2. The normalized spacial score (nSPS) is 12.0. The molecule has 0 spiro atoms. The molecular weight excluding hydrogens is 354 g/mol. The molecule has 1 unspecified atom stereocenters. The first kappa shape index (κ1) is 20.0. The van der Waals surface area contributed by atoms with Gasteiger partial charge in [-0.3, -0.25) is 0 Å². The number of aryl methyl sites for hydroxylation is 1. The third-order valence-corrected chi connectivity index (χ3v) is 4.95. The summed E-state index contributed by atoms with van der Waals surface area (Å²) in [6, 6.07) is 12.2. The van der Waals surface area contributed by atoms with Crippen molar-refractivity contribution in [3.8, 4) is 11.8 Å². The average molecular weight is 378 g/mol. The summed E-state index contributed by atoms with van der Waals surface area (Å²) in [4.78, 5) is 13.1. The van der Waals surface area contributed by atoms with Crippen LogP contribution >= 0.6 is 23.3 Å². The van der Waals surface area contributed by atoms with E-state index in [0.717, 1.165) is 21.8 Å². The summed E-state index contributed by atoms with van der Waals surface area (Å²) in [5, 5.41) is 4.59. The van der Waals surface area contributed by atoms with Crippen LogP contribution in [-0.2, 0) is 14.8 Å². The van der Waals surface area contributed by atoms with Crippen LogP contribution in [0.3, 0.4) is 0 Å². The molecule has 0 amide bonds. The molecule has 6 heteroatoms. The van der Waals surface area contributed by atoms with Gasteiger partial charge < -0.3 is 0 Å². The minimum atomic E-state index is -0.258. The van der Waals surface area contributed by atoms with Crippen LogP contribution < -0.4 is 4.72 Å². The number of hydrogen-bond donors (Lipinski definition) is 1. The van der Waals surface area contributed by atoms with Gasteiger partial charge in [0.2, 0.25) is 0 Å². The Morgan fingerprint density at radius 2 is 1.88 bits per heavy atom. The maximum Gasteiger partial charge on any atom is 0.156 e. The maximum atomic E-state index is 5.16. The highest BCUT2D eigenvalue weighted by atomic mass is 32.2. The molecule has 0 fully saturated rings. The van der Waals surface area contributed by atoms with E-state index in [-0.39, 0.29) is 6.23 Å². The zero-order chi connectivity index (χ0) is 18.1. The molecule has 4 nitrogen and oxygen atoms in total. The average Bonchev–Trinajstić information content (AvgIpc) is 3.01. The predicted molar refractivity (Wildman–Crippen MR) is 103 cm³/mol. The number of thiophene rings is 1. The van der Waals surface area contributed by atoms with Gasteiger partial charge in [0.15, 0.2) is 6.23 Å². The van der Waals surface area contributed by atoms with Crippen LogP contribution in [0.5, 0.6) is 0 Å². The molecule has 0 saturated carbocycles. The zero-order valence-corrected chi connectivity index (χ0v) is 16.5. The summed E-state index contributed by atoms with van der Waals surface area (Å²) in [6.45, 7) is 6.33. The van der Waals surface area contributed by atoms with Gasteiger partial charge in [0, 0.05) is 15.3 Å². The van der Waals surface area contributed by atoms with Gasteiger partial charge in [-0.1, -0.05) is 30.7 Å². The second-order valence-electron chi connectivity index (χ2n) is 5.85. The van der Waals surface area contributed by atoms with Gasteiger partial charge in [-0.25, -0.2) is 9.61 Å². The van der Waals surface area contributed by atoms with Crippen molar-refractivity contribution in [2.24, 2.45) is 5.92 Å². The lowest BCUT2D eigenvalue weighted by atomic mass is 10.1. The van der Waals surface area contributed by atoms with Crippen LogP contribution in [0.1, 0.15) is 35.6 Å². The van der Waals surface area contributed by atoms with Crippen molar-refractivity contribution in [1.82, 2.24) is 4.72 Å². The van der Waals surface area contributed by atoms with Crippen LogP contribution in [0.4, 0.5) is 0 Å². The fourth-order valence-electron chi connectivity index (χ4n) is 2.00. The number of nitrogens with one attached hydrogen (secondary N) is 1. The van der Waals surface area contributed by atoms with E-state index in [1.807, 2.05) is 24.3 Å². The summed E-state index contributed by atoms with van der Waals surface area (Å²) in [5.74, 6) is 6.85. The molecule has 1 N–H and O–H groups in total. The van der Waals surface area contributed by atoms with Crippen LogP contribution in [0.25, 0.3) is 0 Å². The molecule has 0 aliphatic carbocycles. The molecule has 0 aliphatic rings. The van der Waals surface area contributed by atoms with E-state index in [9.17, 15) is 0 Å². The van der Waals surface area contributed by atoms with E-state index >= 15 is 0 Å². The topological polar surface area (TPSA) is 39.7 Å². The van der Waals surface area contributed by atoms with Crippen molar-refractivity contribution in [3.63, 3.8) is 0 Å². The molecule has 0 bridgehead atoms. The van der Waals surface area contributed by atoms with E-state index in [4.69, 9.17) is 4.89 Å². The summed E-state index contributed by atoms with van der Waals surface area (Å²) in [7, 11) is 1.41. The molecule has 134 valence electrons.